The molecule has 2 rings (SSSR count). The summed E-state index contributed by atoms with van der Waals surface area (Å²) < 4.78 is 4.95. The molecule has 0 saturated carbocycles. The topological polar surface area (TPSA) is 91.4 Å². The average Bonchev–Trinajstić information content (AvgIpc) is 2.90. The summed E-state index contributed by atoms with van der Waals surface area (Å²) in [4.78, 5) is 26.1. The Labute approximate surface area is 128 Å². The lowest BCUT2D eigenvalue weighted by Crippen LogP contribution is -2.42. The summed E-state index contributed by atoms with van der Waals surface area (Å²) >= 11 is 0. The molecular formula is C16H20N2O4. The quantitative estimate of drug-likeness (QED) is 0.686. The summed E-state index contributed by atoms with van der Waals surface area (Å²) in [7, 11) is 0. The van der Waals surface area contributed by atoms with E-state index in [0.717, 1.165) is 29.3 Å². The predicted octanol–water partition coefficient (Wildman–Crippen LogP) is 2.69. The number of carboxylic acids is 1. The minimum absolute atomic E-state index is 0.197. The molecule has 1 aromatic carbocycles. The number of aromatic amines is 1. The van der Waals surface area contributed by atoms with Gasteiger partial charge in [-0.15, -0.1) is 0 Å². The van der Waals surface area contributed by atoms with Gasteiger partial charge in [0.1, 0.15) is 6.04 Å². The second-order valence-corrected chi connectivity index (χ2v) is 5.09. The van der Waals surface area contributed by atoms with Crippen LogP contribution < -0.4 is 5.32 Å². The van der Waals surface area contributed by atoms with Gasteiger partial charge in [0, 0.05) is 23.5 Å². The second kappa shape index (κ2) is 7.49. The average molecular weight is 304 g/mol. The van der Waals surface area contributed by atoms with Crippen molar-refractivity contribution in [3.8, 4) is 0 Å². The minimum Gasteiger partial charge on any atom is -0.480 e. The fourth-order valence-electron chi connectivity index (χ4n) is 2.21. The minimum atomic E-state index is -1.09. The van der Waals surface area contributed by atoms with Crippen LogP contribution in [0.5, 0.6) is 0 Å². The summed E-state index contributed by atoms with van der Waals surface area (Å²) in [5, 5.41) is 12.6. The Kier molecular flexibility index (Phi) is 5.41. The molecule has 6 heteroatoms. The molecule has 0 fully saturated rings. The van der Waals surface area contributed by atoms with Gasteiger partial charge in [0.25, 0.3) is 0 Å². The monoisotopic (exact) mass is 304 g/mol. The number of carbonyl (C=O) groups excluding carboxylic acids is 1. The standard InChI is InChI=1S/C16H20N2O4/c1-2-3-8-22-16(21)18-14(15(19)20)9-11-10-17-13-7-5-4-6-12(11)13/h4-7,10,14,17H,2-3,8-9H2,1H3,(H,18,21)(H,19,20). The molecule has 22 heavy (non-hydrogen) atoms. The molecular weight excluding hydrogens is 284 g/mol. The van der Waals surface area contributed by atoms with Crippen molar-refractivity contribution in [1.82, 2.24) is 10.3 Å². The number of ether oxygens (including phenoxy) is 1. The van der Waals surface area contributed by atoms with Crippen molar-refractivity contribution >= 4 is 23.0 Å². The Morgan fingerprint density at radius 2 is 2.14 bits per heavy atom. The number of unbranched alkanes of at least 4 members (excludes halogenated alkanes) is 1. The highest BCUT2D eigenvalue weighted by molar-refractivity contribution is 5.85. The van der Waals surface area contributed by atoms with E-state index < -0.39 is 18.1 Å². The number of amides is 1. The third-order valence-corrected chi connectivity index (χ3v) is 3.42. The molecule has 1 atom stereocenters. The molecule has 118 valence electrons. The van der Waals surface area contributed by atoms with E-state index in [1.165, 1.54) is 0 Å². The number of hydrogen-bond acceptors (Lipinski definition) is 3. The molecule has 0 bridgehead atoms. The van der Waals surface area contributed by atoms with E-state index in [1.807, 2.05) is 31.2 Å². The van der Waals surface area contributed by atoms with Gasteiger partial charge in [-0.25, -0.2) is 9.59 Å². The highest BCUT2D eigenvalue weighted by Gasteiger charge is 2.22. The molecule has 0 radical (unpaired) electrons. The number of benzene rings is 1. The molecule has 0 aliphatic carbocycles. The number of alkyl carbamates (subject to hydrolysis) is 1. The van der Waals surface area contributed by atoms with E-state index in [2.05, 4.69) is 10.3 Å². The van der Waals surface area contributed by atoms with E-state index in [0.29, 0.717) is 6.61 Å². The molecule has 1 heterocycles. The number of para-hydroxylation sites is 1. The predicted molar refractivity (Wildman–Crippen MR) is 82.8 cm³/mol. The first-order valence-corrected chi connectivity index (χ1v) is 7.33. The highest BCUT2D eigenvalue weighted by Crippen LogP contribution is 2.19. The van der Waals surface area contributed by atoms with Gasteiger partial charge in [-0.05, 0) is 18.1 Å². The molecule has 1 aromatic heterocycles. The molecule has 0 aliphatic rings. The van der Waals surface area contributed by atoms with Crippen LogP contribution in [0.4, 0.5) is 4.79 Å². The van der Waals surface area contributed by atoms with Gasteiger partial charge >= 0.3 is 12.1 Å². The lowest BCUT2D eigenvalue weighted by molar-refractivity contribution is -0.139. The van der Waals surface area contributed by atoms with Crippen LogP contribution in [0.25, 0.3) is 10.9 Å². The van der Waals surface area contributed by atoms with Crippen molar-refractivity contribution in [3.05, 3.63) is 36.0 Å². The first kappa shape index (κ1) is 15.9. The van der Waals surface area contributed by atoms with E-state index in [9.17, 15) is 14.7 Å². The first-order valence-electron chi connectivity index (χ1n) is 7.33. The van der Waals surface area contributed by atoms with Crippen molar-refractivity contribution in [3.63, 3.8) is 0 Å². The molecule has 6 nitrogen and oxygen atoms in total. The fourth-order valence-corrected chi connectivity index (χ4v) is 2.21. The molecule has 0 spiro atoms. The van der Waals surface area contributed by atoms with Gasteiger partial charge in [0.2, 0.25) is 0 Å². The van der Waals surface area contributed by atoms with Crippen LogP contribution in [0.3, 0.4) is 0 Å². The number of rotatable bonds is 7. The zero-order valence-electron chi connectivity index (χ0n) is 12.5. The molecule has 0 saturated heterocycles. The van der Waals surface area contributed by atoms with Crippen LogP contribution in [-0.2, 0) is 16.0 Å². The molecule has 2 aromatic rings. The maximum atomic E-state index is 11.6. The first-order chi connectivity index (χ1) is 10.6. The number of nitrogens with one attached hydrogen (secondary N) is 2. The largest absolute Gasteiger partial charge is 0.480 e. The van der Waals surface area contributed by atoms with Gasteiger partial charge in [-0.3, -0.25) is 0 Å². The number of H-pyrrole nitrogens is 1. The Hall–Kier alpha value is -2.50. The van der Waals surface area contributed by atoms with Gasteiger partial charge in [-0.1, -0.05) is 31.5 Å². The number of hydrogen-bond donors (Lipinski definition) is 3. The Bertz CT molecular complexity index is 650. The van der Waals surface area contributed by atoms with Gasteiger partial charge < -0.3 is 20.1 Å². The van der Waals surface area contributed by atoms with Gasteiger partial charge in [0.15, 0.2) is 0 Å². The van der Waals surface area contributed by atoms with Crippen LogP contribution in [0.15, 0.2) is 30.5 Å². The van der Waals surface area contributed by atoms with E-state index >= 15 is 0 Å². The fraction of sp³-hybridized carbons (Fsp3) is 0.375. The number of carboxylic acid groups (broad SMARTS) is 1. The Morgan fingerprint density at radius 3 is 2.86 bits per heavy atom. The van der Waals surface area contributed by atoms with E-state index in [-0.39, 0.29) is 6.42 Å². The van der Waals surface area contributed by atoms with Gasteiger partial charge in [0.05, 0.1) is 6.61 Å². The Balaban J connectivity index is 2.03. The zero-order valence-corrected chi connectivity index (χ0v) is 12.5. The van der Waals surface area contributed by atoms with E-state index in [4.69, 9.17) is 4.74 Å². The summed E-state index contributed by atoms with van der Waals surface area (Å²) in [6.45, 7) is 2.28. The summed E-state index contributed by atoms with van der Waals surface area (Å²) in [6.07, 6.45) is 2.94. The molecule has 3 N–H and O–H groups in total. The lowest BCUT2D eigenvalue weighted by Gasteiger charge is -2.14. The number of fused-ring (bicyclic) bond motifs is 1. The number of carbonyl (C=O) groups is 2. The third-order valence-electron chi connectivity index (χ3n) is 3.42. The second-order valence-electron chi connectivity index (χ2n) is 5.09. The molecule has 0 aliphatic heterocycles. The van der Waals surface area contributed by atoms with E-state index in [1.54, 1.807) is 6.20 Å². The van der Waals surface area contributed by atoms with Crippen molar-refractivity contribution < 1.29 is 19.4 Å². The van der Waals surface area contributed by atoms with Crippen LogP contribution in [0.1, 0.15) is 25.3 Å². The smallest absolute Gasteiger partial charge is 0.407 e. The molecule has 1 amide bonds. The SMILES string of the molecule is CCCCOC(=O)NC(Cc1c[nH]c2ccccc12)C(=O)O. The van der Waals surface area contributed by atoms with Crippen LogP contribution in [-0.4, -0.2) is 34.8 Å². The maximum absolute atomic E-state index is 11.6. The lowest BCUT2D eigenvalue weighted by atomic mass is 10.1. The summed E-state index contributed by atoms with van der Waals surface area (Å²) in [5.41, 5.74) is 1.78. The van der Waals surface area contributed by atoms with Crippen molar-refractivity contribution in [1.29, 1.82) is 0 Å². The van der Waals surface area contributed by atoms with Crippen LogP contribution in [0, 0.1) is 0 Å². The van der Waals surface area contributed by atoms with Crippen LogP contribution in [0.2, 0.25) is 0 Å². The zero-order chi connectivity index (χ0) is 15.9. The maximum Gasteiger partial charge on any atom is 0.407 e. The van der Waals surface area contributed by atoms with Crippen molar-refractivity contribution in [2.45, 2.75) is 32.2 Å². The van der Waals surface area contributed by atoms with Crippen LogP contribution >= 0.6 is 0 Å². The number of aliphatic carboxylic acids is 1. The summed E-state index contributed by atoms with van der Waals surface area (Å²) in [5.74, 6) is -1.09. The van der Waals surface area contributed by atoms with Gasteiger partial charge in [-0.2, -0.15) is 0 Å². The molecule has 1 unspecified atom stereocenters. The normalized spacial score (nSPS) is 12.0. The van der Waals surface area contributed by atoms with Crippen molar-refractivity contribution in [2.75, 3.05) is 6.61 Å². The third kappa shape index (κ3) is 4.00. The Morgan fingerprint density at radius 1 is 1.36 bits per heavy atom. The highest BCUT2D eigenvalue weighted by atomic mass is 16.5. The summed E-state index contributed by atoms with van der Waals surface area (Å²) in [6, 6.07) is 6.61. The number of aromatic nitrogens is 1. The van der Waals surface area contributed by atoms with Crippen molar-refractivity contribution in [2.24, 2.45) is 0 Å².